The molecular formula is C30H40N4O3. The summed E-state index contributed by atoms with van der Waals surface area (Å²) in [7, 11) is 4.06. The van der Waals surface area contributed by atoms with E-state index in [1.807, 2.05) is 59.1 Å². The van der Waals surface area contributed by atoms with Crippen LogP contribution in [0.2, 0.25) is 0 Å². The van der Waals surface area contributed by atoms with Gasteiger partial charge in [0, 0.05) is 29.1 Å². The third-order valence-electron chi connectivity index (χ3n) is 7.66. The second kappa shape index (κ2) is 9.62. The smallest absolute Gasteiger partial charge is 0.419 e. The van der Waals surface area contributed by atoms with Gasteiger partial charge in [0.15, 0.2) is 0 Å². The van der Waals surface area contributed by atoms with Crippen LogP contribution in [-0.4, -0.2) is 41.2 Å². The zero-order valence-electron chi connectivity index (χ0n) is 23.4. The van der Waals surface area contributed by atoms with Gasteiger partial charge >= 0.3 is 6.09 Å². The minimum Gasteiger partial charge on any atom is -0.443 e. The predicted molar refractivity (Wildman–Crippen MR) is 149 cm³/mol. The summed E-state index contributed by atoms with van der Waals surface area (Å²) < 4.78 is 7.45. The summed E-state index contributed by atoms with van der Waals surface area (Å²) in [4.78, 5) is 28.8. The zero-order valence-corrected chi connectivity index (χ0v) is 23.4. The lowest BCUT2D eigenvalue weighted by Crippen LogP contribution is -2.35. The van der Waals surface area contributed by atoms with Gasteiger partial charge in [-0.1, -0.05) is 26.0 Å². The molecule has 1 atom stereocenters. The maximum absolute atomic E-state index is 13.6. The van der Waals surface area contributed by atoms with E-state index >= 15 is 0 Å². The van der Waals surface area contributed by atoms with Crippen molar-refractivity contribution in [3.05, 3.63) is 58.7 Å². The number of fused-ring (bicyclic) bond motifs is 2. The summed E-state index contributed by atoms with van der Waals surface area (Å²) in [5.41, 5.74) is 11.3. The van der Waals surface area contributed by atoms with Crippen molar-refractivity contribution >= 4 is 22.9 Å². The summed E-state index contributed by atoms with van der Waals surface area (Å²) >= 11 is 0. The Morgan fingerprint density at radius 3 is 2.41 bits per heavy atom. The molecule has 198 valence electrons. The number of hydrogen-bond acceptors (Lipinski definition) is 5. The molecule has 7 heteroatoms. The fraction of sp³-hybridized carbons (Fsp3) is 0.467. The minimum absolute atomic E-state index is 0.123. The minimum atomic E-state index is -0.678. The van der Waals surface area contributed by atoms with Crippen molar-refractivity contribution < 1.29 is 14.3 Å². The molecule has 1 aromatic heterocycles. The molecule has 1 aliphatic heterocycles. The van der Waals surface area contributed by atoms with Crippen LogP contribution >= 0.6 is 0 Å². The SMILES string of the molecule is CCC(N)(CC)c1ccc2c(c1)cc(-c1cc(C(C)N(C)C)cc3c1C(=O)NC3)n2C(=O)OC(C)(C)C. The van der Waals surface area contributed by atoms with E-state index in [0.29, 0.717) is 17.8 Å². The summed E-state index contributed by atoms with van der Waals surface area (Å²) in [6.45, 7) is 12.3. The number of carbonyl (C=O) groups is 2. The van der Waals surface area contributed by atoms with Crippen molar-refractivity contribution in [1.82, 2.24) is 14.8 Å². The van der Waals surface area contributed by atoms with Gasteiger partial charge in [-0.05, 0) is 95.6 Å². The first-order valence-corrected chi connectivity index (χ1v) is 13.1. The van der Waals surface area contributed by atoms with E-state index in [2.05, 4.69) is 43.1 Å². The van der Waals surface area contributed by atoms with Crippen molar-refractivity contribution in [2.24, 2.45) is 5.73 Å². The molecule has 1 amide bonds. The van der Waals surface area contributed by atoms with Crippen LogP contribution < -0.4 is 11.1 Å². The summed E-state index contributed by atoms with van der Waals surface area (Å²) in [5, 5.41) is 3.84. The lowest BCUT2D eigenvalue weighted by Gasteiger charge is -2.27. The molecule has 2 aromatic carbocycles. The van der Waals surface area contributed by atoms with Gasteiger partial charge in [0.05, 0.1) is 16.8 Å². The standard InChI is InChI=1S/C30H40N4O3/c1-9-30(31,10-2)22-11-12-24-20(14-22)16-25(34(24)28(36)37-29(4,5)6)23-15-19(18(3)33(7)8)13-21-17-32-27(35)26(21)23/h11-16,18H,9-10,17,31H2,1-8H3,(H,32,35). The van der Waals surface area contributed by atoms with Crippen LogP contribution in [0.4, 0.5) is 4.79 Å². The van der Waals surface area contributed by atoms with E-state index in [1.54, 1.807) is 4.57 Å². The number of nitrogens with zero attached hydrogens (tertiary/aromatic N) is 2. The van der Waals surface area contributed by atoms with Crippen LogP contribution in [0.1, 0.15) is 87.5 Å². The Morgan fingerprint density at radius 1 is 1.14 bits per heavy atom. The fourth-order valence-corrected chi connectivity index (χ4v) is 5.03. The number of aromatic nitrogens is 1. The number of hydrogen-bond donors (Lipinski definition) is 2. The molecule has 1 unspecified atom stereocenters. The Kier molecular flexibility index (Phi) is 6.99. The largest absolute Gasteiger partial charge is 0.443 e. The molecule has 0 radical (unpaired) electrons. The number of benzene rings is 2. The third-order valence-corrected chi connectivity index (χ3v) is 7.66. The molecule has 2 heterocycles. The third kappa shape index (κ3) is 4.90. The number of nitrogens with two attached hydrogens (primary N) is 1. The Morgan fingerprint density at radius 2 is 1.81 bits per heavy atom. The van der Waals surface area contributed by atoms with Crippen molar-refractivity contribution in [1.29, 1.82) is 0 Å². The summed E-state index contributed by atoms with van der Waals surface area (Å²) in [6.07, 6.45) is 1.12. The molecule has 0 bridgehead atoms. The van der Waals surface area contributed by atoms with Gasteiger partial charge in [-0.25, -0.2) is 9.36 Å². The van der Waals surface area contributed by atoms with E-state index in [4.69, 9.17) is 10.5 Å². The molecule has 7 nitrogen and oxygen atoms in total. The summed E-state index contributed by atoms with van der Waals surface area (Å²) in [5.74, 6) is -0.131. The van der Waals surface area contributed by atoms with Crippen molar-refractivity contribution in [3.63, 3.8) is 0 Å². The fourth-order valence-electron chi connectivity index (χ4n) is 5.03. The van der Waals surface area contributed by atoms with Gasteiger partial charge in [-0.3, -0.25) is 4.79 Å². The van der Waals surface area contributed by atoms with Gasteiger partial charge in [0.25, 0.3) is 5.91 Å². The van der Waals surface area contributed by atoms with Gasteiger partial charge in [-0.2, -0.15) is 0 Å². The lowest BCUT2D eigenvalue weighted by molar-refractivity contribution is 0.0547. The molecule has 3 N–H and O–H groups in total. The molecule has 4 rings (SSSR count). The van der Waals surface area contributed by atoms with Gasteiger partial charge < -0.3 is 20.7 Å². The average Bonchev–Trinajstić information content (AvgIpc) is 3.41. The van der Waals surface area contributed by atoms with Gasteiger partial charge in [-0.15, -0.1) is 0 Å². The quantitative estimate of drug-likeness (QED) is 0.434. The van der Waals surface area contributed by atoms with Crippen molar-refractivity contribution in [3.8, 4) is 11.3 Å². The number of amides is 1. The average molecular weight is 505 g/mol. The first-order chi connectivity index (χ1) is 17.3. The molecule has 0 saturated heterocycles. The molecule has 1 aliphatic rings. The molecule has 0 saturated carbocycles. The summed E-state index contributed by atoms with van der Waals surface area (Å²) in [6, 6.07) is 12.2. The Labute approximate surface area is 220 Å². The second-order valence-corrected chi connectivity index (χ2v) is 11.4. The first kappa shape index (κ1) is 26.9. The topological polar surface area (TPSA) is 89.6 Å². The molecule has 0 spiro atoms. The maximum Gasteiger partial charge on any atom is 0.419 e. The highest BCUT2D eigenvalue weighted by atomic mass is 16.6. The number of nitrogens with one attached hydrogen (secondary N) is 1. The predicted octanol–water partition coefficient (Wildman–Crippen LogP) is 5.93. The second-order valence-electron chi connectivity index (χ2n) is 11.4. The van der Waals surface area contributed by atoms with Crippen LogP contribution in [0.25, 0.3) is 22.2 Å². The van der Waals surface area contributed by atoms with Crippen LogP contribution in [0.3, 0.4) is 0 Å². The lowest BCUT2D eigenvalue weighted by atomic mass is 9.85. The highest BCUT2D eigenvalue weighted by Gasteiger charge is 2.31. The maximum atomic E-state index is 13.6. The molecule has 0 aliphatic carbocycles. The Balaban J connectivity index is 2.03. The number of rotatable bonds is 6. The van der Waals surface area contributed by atoms with Crippen LogP contribution in [0.15, 0.2) is 36.4 Å². The van der Waals surface area contributed by atoms with E-state index < -0.39 is 17.2 Å². The number of ether oxygens (including phenoxy) is 1. The molecule has 0 fully saturated rings. The van der Waals surface area contributed by atoms with Crippen LogP contribution in [0, 0.1) is 0 Å². The van der Waals surface area contributed by atoms with E-state index in [-0.39, 0.29) is 11.9 Å². The van der Waals surface area contributed by atoms with Crippen molar-refractivity contribution in [2.45, 2.75) is 78.1 Å². The van der Waals surface area contributed by atoms with E-state index in [9.17, 15) is 9.59 Å². The molecule has 37 heavy (non-hydrogen) atoms. The molecular weight excluding hydrogens is 464 g/mol. The van der Waals surface area contributed by atoms with Gasteiger partial charge in [0.2, 0.25) is 0 Å². The van der Waals surface area contributed by atoms with Crippen molar-refractivity contribution in [2.75, 3.05) is 14.1 Å². The molecule has 3 aromatic rings. The van der Waals surface area contributed by atoms with E-state index in [1.165, 1.54) is 0 Å². The number of carbonyl (C=O) groups excluding carboxylic acids is 2. The normalized spacial score (nSPS) is 14.7. The highest BCUT2D eigenvalue weighted by Crippen LogP contribution is 2.38. The van der Waals surface area contributed by atoms with E-state index in [0.717, 1.165) is 46.0 Å². The van der Waals surface area contributed by atoms with Gasteiger partial charge in [0.1, 0.15) is 5.60 Å². The first-order valence-electron chi connectivity index (χ1n) is 13.1. The van der Waals surface area contributed by atoms with Crippen LogP contribution in [-0.2, 0) is 16.8 Å². The Hall–Kier alpha value is -3.16. The van der Waals surface area contributed by atoms with Crippen LogP contribution in [0.5, 0.6) is 0 Å². The zero-order chi connectivity index (χ0) is 27.3. The highest BCUT2D eigenvalue weighted by molar-refractivity contribution is 6.07. The Bertz CT molecular complexity index is 1360. The monoisotopic (exact) mass is 504 g/mol.